The van der Waals surface area contributed by atoms with E-state index in [9.17, 15) is 0 Å². The molecule has 0 unspecified atom stereocenters. The first kappa shape index (κ1) is 42.2. The maximum Gasteiger partial charge on any atom is 0.164 e. The summed E-state index contributed by atoms with van der Waals surface area (Å²) in [6, 6.07) is 81.8. The van der Waals surface area contributed by atoms with Gasteiger partial charge in [0.25, 0.3) is 0 Å². The van der Waals surface area contributed by atoms with Crippen LogP contribution >= 0.6 is 11.3 Å². The van der Waals surface area contributed by atoms with Gasteiger partial charge in [0, 0.05) is 69.7 Å². The summed E-state index contributed by atoms with van der Waals surface area (Å²) in [5, 5.41) is 7.19. The van der Waals surface area contributed by atoms with Crippen LogP contribution in [-0.2, 0) is 0 Å². The molecule has 0 spiro atoms. The minimum Gasteiger partial charge on any atom is -0.456 e. The van der Waals surface area contributed by atoms with Crippen LogP contribution in [0.15, 0.2) is 235 Å². The highest BCUT2D eigenvalue weighted by Crippen LogP contribution is 2.43. The summed E-state index contributed by atoms with van der Waals surface area (Å²) in [4.78, 5) is 15.3. The first-order valence-electron chi connectivity index (χ1n) is 24.2. The Kier molecular flexibility index (Phi) is 10.4. The molecule has 0 saturated heterocycles. The molecule has 0 saturated carbocycles. The van der Waals surface area contributed by atoms with Crippen LogP contribution in [0.3, 0.4) is 0 Å². The molecule has 0 atom stereocenters. The van der Waals surface area contributed by atoms with E-state index >= 15 is 0 Å². The molecule has 71 heavy (non-hydrogen) atoms. The normalized spacial score (nSPS) is 11.5. The summed E-state index contributed by atoms with van der Waals surface area (Å²) < 4.78 is 11.4. The van der Waals surface area contributed by atoms with Crippen molar-refractivity contribution in [2.45, 2.75) is 13.8 Å². The summed E-state index contributed by atoms with van der Waals surface area (Å²) in [7, 11) is 0. The molecule has 14 aromatic rings. The van der Waals surface area contributed by atoms with Crippen molar-refractivity contribution in [2.75, 3.05) is 0 Å². The lowest BCUT2D eigenvalue weighted by molar-refractivity contribution is 0.669. The number of benzene rings is 10. The van der Waals surface area contributed by atoms with E-state index in [4.69, 9.17) is 19.4 Å². The summed E-state index contributed by atoms with van der Waals surface area (Å²) in [6.45, 7) is 4.00. The van der Waals surface area contributed by atoms with Gasteiger partial charge >= 0.3 is 0 Å². The summed E-state index contributed by atoms with van der Waals surface area (Å²) in [5.74, 6) is 1.79. The Morgan fingerprint density at radius 2 is 0.887 bits per heavy atom. The van der Waals surface area contributed by atoms with Crippen LogP contribution in [0.5, 0.6) is 0 Å². The molecular weight excluding hydrogens is 885 g/mol. The van der Waals surface area contributed by atoms with Gasteiger partial charge in [0.15, 0.2) is 17.5 Å². The Hall–Kier alpha value is -8.97. The molecule has 0 amide bonds. The van der Waals surface area contributed by atoms with E-state index in [0.29, 0.717) is 17.5 Å². The molecule has 6 heteroatoms. The zero-order chi connectivity index (χ0) is 47.4. The molecular formula is C65H44N4OS. The van der Waals surface area contributed by atoms with Gasteiger partial charge in [-0.1, -0.05) is 190 Å². The largest absolute Gasteiger partial charge is 0.456 e. The van der Waals surface area contributed by atoms with Crippen LogP contribution in [0.1, 0.15) is 13.8 Å². The fourth-order valence-electron chi connectivity index (χ4n) is 10.2. The number of furan rings is 1. The molecule has 336 valence electrons. The zero-order valence-electron chi connectivity index (χ0n) is 39.0. The van der Waals surface area contributed by atoms with E-state index in [0.717, 1.165) is 61.0 Å². The predicted octanol–water partition coefficient (Wildman–Crippen LogP) is 18.3. The number of nitrogens with zero attached hydrogens (tertiary/aromatic N) is 4. The standard InChI is InChI=1S/C63H38N4OS.C2H6/c1-2-15-39(16-3-1)61-64-62(66-63(65-61)45-33-34-51-50-24-5-8-31-56(50)68-57(51)38-45)44-21-10-17-40(35-44)41-18-12-22-46(37-41)67-55-30-7-4-23-49(55)53-28-13-26-47(59(53)67)42-19-11-20-43(36-42)48-27-14-29-54-52-25-6-9-32-58(52)69-60(48)54;1-2/h1-38H;1-2H3. The topological polar surface area (TPSA) is 56.7 Å². The maximum absolute atomic E-state index is 6.29. The van der Waals surface area contributed by atoms with Crippen molar-refractivity contribution in [2.24, 2.45) is 0 Å². The van der Waals surface area contributed by atoms with Crippen LogP contribution in [0.4, 0.5) is 0 Å². The lowest BCUT2D eigenvalue weighted by atomic mass is 9.96. The minimum atomic E-state index is 0.582. The molecule has 0 aliphatic heterocycles. The van der Waals surface area contributed by atoms with Crippen LogP contribution in [0.2, 0.25) is 0 Å². The van der Waals surface area contributed by atoms with Crippen molar-refractivity contribution in [3.8, 4) is 73.2 Å². The number of hydrogen-bond acceptors (Lipinski definition) is 5. The average molecular weight is 929 g/mol. The molecule has 14 rings (SSSR count). The Bertz CT molecular complexity index is 4330. The fourth-order valence-corrected chi connectivity index (χ4v) is 11.5. The summed E-state index contributed by atoms with van der Waals surface area (Å²) in [6.07, 6.45) is 0. The van der Waals surface area contributed by atoms with Crippen LogP contribution in [0, 0.1) is 0 Å². The van der Waals surface area contributed by atoms with Crippen molar-refractivity contribution in [1.82, 2.24) is 19.5 Å². The van der Waals surface area contributed by atoms with Crippen molar-refractivity contribution in [3.63, 3.8) is 0 Å². The number of aromatic nitrogens is 4. The molecule has 0 bridgehead atoms. The van der Waals surface area contributed by atoms with Crippen molar-refractivity contribution in [3.05, 3.63) is 231 Å². The lowest BCUT2D eigenvalue weighted by Crippen LogP contribution is -2.00. The van der Waals surface area contributed by atoms with E-state index in [1.807, 2.05) is 79.8 Å². The number of thiophene rings is 1. The Morgan fingerprint density at radius 1 is 0.352 bits per heavy atom. The van der Waals surface area contributed by atoms with Gasteiger partial charge in [-0.3, -0.25) is 0 Å². The van der Waals surface area contributed by atoms with E-state index in [1.165, 1.54) is 58.7 Å². The molecule has 0 aliphatic carbocycles. The Labute approximate surface area is 414 Å². The van der Waals surface area contributed by atoms with Gasteiger partial charge in [-0.2, -0.15) is 0 Å². The van der Waals surface area contributed by atoms with Crippen molar-refractivity contribution in [1.29, 1.82) is 0 Å². The van der Waals surface area contributed by atoms with Crippen LogP contribution in [-0.4, -0.2) is 19.5 Å². The average Bonchev–Trinajstić information content (AvgIpc) is 4.13. The van der Waals surface area contributed by atoms with Crippen molar-refractivity contribution < 1.29 is 4.42 Å². The van der Waals surface area contributed by atoms with Crippen LogP contribution < -0.4 is 0 Å². The van der Waals surface area contributed by atoms with Gasteiger partial charge in [-0.05, 0) is 82.4 Å². The zero-order valence-corrected chi connectivity index (χ0v) is 39.9. The minimum absolute atomic E-state index is 0.582. The predicted molar refractivity (Wildman–Crippen MR) is 298 cm³/mol. The molecule has 0 aliphatic rings. The van der Waals surface area contributed by atoms with E-state index < -0.39 is 0 Å². The Balaban J connectivity index is 0.00000243. The van der Waals surface area contributed by atoms with Gasteiger partial charge in [0.05, 0.1) is 11.0 Å². The third-order valence-electron chi connectivity index (χ3n) is 13.4. The quantitative estimate of drug-likeness (QED) is 0.160. The third-order valence-corrected chi connectivity index (χ3v) is 14.7. The van der Waals surface area contributed by atoms with Crippen LogP contribution in [0.25, 0.3) is 137 Å². The fraction of sp³-hybridized carbons (Fsp3) is 0.0308. The van der Waals surface area contributed by atoms with Gasteiger partial charge in [-0.25, -0.2) is 15.0 Å². The summed E-state index contributed by atoms with van der Waals surface area (Å²) in [5.41, 5.74) is 14.7. The second-order valence-electron chi connectivity index (χ2n) is 17.5. The third kappa shape index (κ3) is 7.27. The highest BCUT2D eigenvalue weighted by Gasteiger charge is 2.20. The first-order valence-corrected chi connectivity index (χ1v) is 25.0. The molecule has 5 nitrogen and oxygen atoms in total. The van der Waals surface area contributed by atoms with Gasteiger partial charge in [0.1, 0.15) is 11.2 Å². The highest BCUT2D eigenvalue weighted by molar-refractivity contribution is 7.26. The van der Waals surface area contributed by atoms with E-state index in [1.54, 1.807) is 0 Å². The molecule has 4 heterocycles. The molecule has 10 aromatic carbocycles. The van der Waals surface area contributed by atoms with Gasteiger partial charge < -0.3 is 8.98 Å². The molecule has 0 N–H and O–H groups in total. The number of para-hydroxylation sites is 3. The lowest BCUT2D eigenvalue weighted by Gasteiger charge is -2.14. The monoisotopic (exact) mass is 928 g/mol. The number of fused-ring (bicyclic) bond motifs is 9. The Morgan fingerprint density at radius 3 is 1.70 bits per heavy atom. The number of rotatable bonds is 7. The highest BCUT2D eigenvalue weighted by atomic mass is 32.1. The first-order chi connectivity index (χ1) is 35.2. The maximum atomic E-state index is 6.29. The molecule has 4 aromatic heterocycles. The SMILES string of the molecule is CC.c1ccc(-c2nc(-c3cccc(-c4cccc(-n5c6ccccc6c6cccc(-c7cccc(-c8cccc9c8sc8ccccc89)c7)c65)c4)c3)nc(-c3ccc4c(c3)oc3ccccc34)n2)cc1. The van der Waals surface area contributed by atoms with E-state index in [2.05, 4.69) is 180 Å². The molecule has 0 radical (unpaired) electrons. The second kappa shape index (κ2) is 17.5. The summed E-state index contributed by atoms with van der Waals surface area (Å²) >= 11 is 1.87. The smallest absolute Gasteiger partial charge is 0.164 e. The van der Waals surface area contributed by atoms with Gasteiger partial charge in [-0.15, -0.1) is 11.3 Å². The number of hydrogen-bond donors (Lipinski definition) is 0. The second-order valence-corrected chi connectivity index (χ2v) is 18.6. The molecule has 0 fully saturated rings. The van der Waals surface area contributed by atoms with Crippen molar-refractivity contribution >= 4 is 75.3 Å². The van der Waals surface area contributed by atoms with Gasteiger partial charge in [0.2, 0.25) is 0 Å². The van der Waals surface area contributed by atoms with E-state index in [-0.39, 0.29) is 0 Å².